The first-order valence-corrected chi connectivity index (χ1v) is 5.02. The number of hydrogen-bond donors (Lipinski definition) is 1. The lowest BCUT2D eigenvalue weighted by atomic mass is 10.2. The highest BCUT2D eigenvalue weighted by Gasteiger charge is 2.14. The predicted molar refractivity (Wildman–Crippen MR) is 54.6 cm³/mol. The maximum Gasteiger partial charge on any atom is 0.180 e. The summed E-state index contributed by atoms with van der Waals surface area (Å²) < 4.78 is 1.76. The van der Waals surface area contributed by atoms with Crippen LogP contribution in [0, 0.1) is 0 Å². The van der Waals surface area contributed by atoms with E-state index in [1.54, 1.807) is 4.68 Å². The summed E-state index contributed by atoms with van der Waals surface area (Å²) >= 11 is 6.18. The summed E-state index contributed by atoms with van der Waals surface area (Å²) in [5.41, 5.74) is 1.81. The van der Waals surface area contributed by atoms with E-state index in [2.05, 4.69) is 25.7 Å². The van der Waals surface area contributed by atoms with E-state index in [0.29, 0.717) is 17.3 Å². The molecule has 0 fully saturated rings. The third-order valence-electron chi connectivity index (χ3n) is 2.22. The number of aromatic amines is 1. The minimum atomic E-state index is 0.541. The zero-order valence-electron chi connectivity index (χ0n) is 8.53. The molecule has 0 aliphatic heterocycles. The molecule has 1 N–H and O–H groups in total. The number of tetrazole rings is 1. The number of rotatable bonds is 3. The van der Waals surface area contributed by atoms with E-state index in [-0.39, 0.29) is 0 Å². The van der Waals surface area contributed by atoms with E-state index >= 15 is 0 Å². The number of nitrogens with zero attached hydrogens (tertiary/aromatic N) is 5. The lowest BCUT2D eigenvalue weighted by Crippen LogP contribution is -2.01. The van der Waals surface area contributed by atoms with Crippen LogP contribution in [-0.2, 0) is 19.9 Å². The van der Waals surface area contributed by atoms with Crippen molar-refractivity contribution >= 4 is 11.6 Å². The van der Waals surface area contributed by atoms with Crippen molar-refractivity contribution in [2.24, 2.45) is 7.05 Å². The SMILES string of the molecule is CCc1nn(C)c(Cc2nn[nH]n2)c1Cl. The molecular weight excluding hydrogens is 216 g/mol. The van der Waals surface area contributed by atoms with Crippen LogP contribution < -0.4 is 0 Å². The van der Waals surface area contributed by atoms with Crippen LogP contribution >= 0.6 is 11.6 Å². The molecule has 15 heavy (non-hydrogen) atoms. The first kappa shape index (κ1) is 10.1. The van der Waals surface area contributed by atoms with Gasteiger partial charge in [0.05, 0.1) is 22.8 Å². The van der Waals surface area contributed by atoms with E-state index in [0.717, 1.165) is 17.8 Å². The highest BCUT2D eigenvalue weighted by molar-refractivity contribution is 6.31. The zero-order valence-corrected chi connectivity index (χ0v) is 9.28. The normalized spacial score (nSPS) is 10.9. The first-order valence-electron chi connectivity index (χ1n) is 4.65. The molecule has 0 radical (unpaired) electrons. The molecule has 0 amide bonds. The number of aromatic nitrogens is 6. The molecule has 2 aromatic rings. The van der Waals surface area contributed by atoms with Crippen LogP contribution in [-0.4, -0.2) is 30.4 Å². The first-order chi connectivity index (χ1) is 7.22. The number of nitrogens with one attached hydrogen (secondary N) is 1. The second-order valence-electron chi connectivity index (χ2n) is 3.19. The Bertz CT molecular complexity index is 446. The average Bonchev–Trinajstić information content (AvgIpc) is 2.81. The van der Waals surface area contributed by atoms with Gasteiger partial charge in [-0.15, -0.1) is 10.2 Å². The Morgan fingerprint density at radius 3 is 2.80 bits per heavy atom. The number of aryl methyl sites for hydroxylation is 2. The molecule has 0 aliphatic carbocycles. The molecule has 2 aromatic heterocycles. The van der Waals surface area contributed by atoms with Crippen molar-refractivity contribution in [1.29, 1.82) is 0 Å². The molecule has 6 nitrogen and oxygen atoms in total. The van der Waals surface area contributed by atoms with Gasteiger partial charge >= 0.3 is 0 Å². The van der Waals surface area contributed by atoms with Gasteiger partial charge in [0.1, 0.15) is 0 Å². The third kappa shape index (κ3) is 1.85. The Kier molecular flexibility index (Phi) is 2.68. The monoisotopic (exact) mass is 226 g/mol. The molecule has 0 bridgehead atoms. The Morgan fingerprint density at radius 2 is 2.27 bits per heavy atom. The second-order valence-corrected chi connectivity index (χ2v) is 3.57. The zero-order chi connectivity index (χ0) is 10.8. The molecule has 0 saturated heterocycles. The Hall–Kier alpha value is -1.43. The van der Waals surface area contributed by atoms with E-state index in [4.69, 9.17) is 11.6 Å². The van der Waals surface area contributed by atoms with Crippen molar-refractivity contribution in [2.45, 2.75) is 19.8 Å². The van der Waals surface area contributed by atoms with Crippen LogP contribution in [0.15, 0.2) is 0 Å². The van der Waals surface area contributed by atoms with Gasteiger partial charge in [-0.3, -0.25) is 4.68 Å². The molecule has 0 aromatic carbocycles. The topological polar surface area (TPSA) is 72.3 Å². The fraction of sp³-hybridized carbons (Fsp3) is 0.500. The lowest BCUT2D eigenvalue weighted by molar-refractivity contribution is 0.703. The fourth-order valence-electron chi connectivity index (χ4n) is 1.42. The largest absolute Gasteiger partial charge is 0.270 e. The Balaban J connectivity index is 2.32. The molecule has 2 heterocycles. The standard InChI is InChI=1S/C8H11ClN6/c1-3-5-8(9)6(15(2)12-5)4-7-10-13-14-11-7/h3-4H2,1-2H3,(H,10,11,13,14). The van der Waals surface area contributed by atoms with Crippen molar-refractivity contribution in [1.82, 2.24) is 30.4 Å². The van der Waals surface area contributed by atoms with Gasteiger partial charge in [-0.1, -0.05) is 23.7 Å². The van der Waals surface area contributed by atoms with Gasteiger partial charge in [-0.2, -0.15) is 10.3 Å². The summed E-state index contributed by atoms with van der Waals surface area (Å²) in [5.74, 6) is 0.613. The third-order valence-corrected chi connectivity index (χ3v) is 2.65. The molecule has 0 atom stereocenters. The van der Waals surface area contributed by atoms with Gasteiger partial charge in [0, 0.05) is 7.05 Å². The maximum absolute atomic E-state index is 6.18. The highest BCUT2D eigenvalue weighted by Crippen LogP contribution is 2.22. The number of halogens is 1. The van der Waals surface area contributed by atoms with Crippen LogP contribution in [0.3, 0.4) is 0 Å². The van der Waals surface area contributed by atoms with Gasteiger partial charge in [0.2, 0.25) is 0 Å². The van der Waals surface area contributed by atoms with Crippen LogP contribution in [0.25, 0.3) is 0 Å². The predicted octanol–water partition coefficient (Wildman–Crippen LogP) is 0.740. The minimum Gasteiger partial charge on any atom is -0.270 e. The van der Waals surface area contributed by atoms with Crippen molar-refractivity contribution in [2.75, 3.05) is 0 Å². The van der Waals surface area contributed by atoms with Crippen LogP contribution in [0.5, 0.6) is 0 Å². The second kappa shape index (κ2) is 3.98. The summed E-state index contributed by atoms with van der Waals surface area (Å²) in [4.78, 5) is 0. The van der Waals surface area contributed by atoms with E-state index < -0.39 is 0 Å². The average molecular weight is 227 g/mol. The summed E-state index contributed by atoms with van der Waals surface area (Å²) in [7, 11) is 1.86. The number of H-pyrrole nitrogens is 1. The molecule has 2 rings (SSSR count). The smallest absolute Gasteiger partial charge is 0.180 e. The molecule has 0 spiro atoms. The van der Waals surface area contributed by atoms with Gasteiger partial charge in [-0.05, 0) is 6.42 Å². The lowest BCUT2D eigenvalue weighted by Gasteiger charge is -1.97. The highest BCUT2D eigenvalue weighted by atomic mass is 35.5. The van der Waals surface area contributed by atoms with Gasteiger partial charge in [0.25, 0.3) is 0 Å². The van der Waals surface area contributed by atoms with Crippen LogP contribution in [0.4, 0.5) is 0 Å². The van der Waals surface area contributed by atoms with Crippen LogP contribution in [0.1, 0.15) is 24.1 Å². The Labute approximate surface area is 91.6 Å². The summed E-state index contributed by atoms with van der Waals surface area (Å²) in [5, 5.41) is 18.7. The molecular formula is C8H11ClN6. The Morgan fingerprint density at radius 1 is 1.47 bits per heavy atom. The van der Waals surface area contributed by atoms with Gasteiger partial charge < -0.3 is 0 Å². The molecule has 80 valence electrons. The molecule has 0 unspecified atom stereocenters. The minimum absolute atomic E-state index is 0.541. The van der Waals surface area contributed by atoms with Crippen molar-refractivity contribution in [3.8, 4) is 0 Å². The van der Waals surface area contributed by atoms with Crippen LogP contribution in [0.2, 0.25) is 5.02 Å². The van der Waals surface area contributed by atoms with Gasteiger partial charge in [-0.25, -0.2) is 0 Å². The van der Waals surface area contributed by atoms with E-state index in [1.807, 2.05) is 14.0 Å². The molecule has 0 saturated carbocycles. The molecule has 7 heteroatoms. The fourth-order valence-corrected chi connectivity index (χ4v) is 1.78. The quantitative estimate of drug-likeness (QED) is 0.838. The van der Waals surface area contributed by atoms with Crippen molar-refractivity contribution in [3.05, 3.63) is 22.2 Å². The van der Waals surface area contributed by atoms with E-state index in [9.17, 15) is 0 Å². The summed E-state index contributed by atoms with van der Waals surface area (Å²) in [6, 6.07) is 0. The van der Waals surface area contributed by atoms with Gasteiger partial charge in [0.15, 0.2) is 5.82 Å². The van der Waals surface area contributed by atoms with Crippen molar-refractivity contribution < 1.29 is 0 Å². The molecule has 0 aliphatic rings. The van der Waals surface area contributed by atoms with Crippen molar-refractivity contribution in [3.63, 3.8) is 0 Å². The number of hydrogen-bond acceptors (Lipinski definition) is 4. The summed E-state index contributed by atoms with van der Waals surface area (Å²) in [6.45, 7) is 2.02. The summed E-state index contributed by atoms with van der Waals surface area (Å²) in [6.07, 6.45) is 1.36. The van der Waals surface area contributed by atoms with E-state index in [1.165, 1.54) is 0 Å². The maximum atomic E-state index is 6.18.